The maximum Gasteiger partial charge on any atom is 0.129 e. The van der Waals surface area contributed by atoms with E-state index in [-0.39, 0.29) is 5.82 Å². The zero-order chi connectivity index (χ0) is 13.9. The Kier molecular flexibility index (Phi) is 3.70. The average molecular weight is 270 g/mol. The molecule has 0 radical (unpaired) electrons. The van der Waals surface area contributed by atoms with Crippen molar-refractivity contribution >= 4 is 5.69 Å². The first-order chi connectivity index (χ1) is 9.79. The molecule has 2 aromatic rings. The van der Waals surface area contributed by atoms with Crippen molar-refractivity contribution in [3.8, 4) is 0 Å². The van der Waals surface area contributed by atoms with E-state index in [9.17, 15) is 4.39 Å². The molecule has 0 amide bonds. The molecule has 0 saturated carbocycles. The molecule has 0 fully saturated rings. The summed E-state index contributed by atoms with van der Waals surface area (Å²) in [4.78, 5) is 2.28. The number of nitrogens with zero attached hydrogens (tertiary/aromatic N) is 1. The first-order valence-corrected chi connectivity index (χ1v) is 7.03. The highest BCUT2D eigenvalue weighted by molar-refractivity contribution is 5.56. The topological polar surface area (TPSA) is 15.3 Å². The van der Waals surface area contributed by atoms with E-state index in [4.69, 9.17) is 0 Å². The van der Waals surface area contributed by atoms with E-state index in [0.29, 0.717) is 6.54 Å². The van der Waals surface area contributed by atoms with Crippen molar-refractivity contribution in [2.24, 2.45) is 0 Å². The molecule has 0 aromatic heterocycles. The molecule has 0 saturated heterocycles. The van der Waals surface area contributed by atoms with Crippen LogP contribution in [0, 0.1) is 5.82 Å². The predicted octanol–water partition coefficient (Wildman–Crippen LogP) is 3.11. The van der Waals surface area contributed by atoms with Gasteiger partial charge in [0.05, 0.1) is 0 Å². The van der Waals surface area contributed by atoms with E-state index >= 15 is 0 Å². The summed E-state index contributed by atoms with van der Waals surface area (Å²) in [5.41, 5.74) is 4.52. The molecule has 1 heterocycles. The molecule has 0 bridgehead atoms. The summed E-state index contributed by atoms with van der Waals surface area (Å²) < 4.78 is 14.0. The van der Waals surface area contributed by atoms with Gasteiger partial charge in [0.2, 0.25) is 0 Å². The van der Waals surface area contributed by atoms with Gasteiger partial charge in [-0.1, -0.05) is 30.3 Å². The minimum atomic E-state index is -0.129. The van der Waals surface area contributed by atoms with Crippen LogP contribution in [0.5, 0.6) is 0 Å². The van der Waals surface area contributed by atoms with Crippen LogP contribution in [0.25, 0.3) is 0 Å². The lowest BCUT2D eigenvalue weighted by Gasteiger charge is -2.32. The molecule has 0 atom stereocenters. The Morgan fingerprint density at radius 2 is 1.90 bits per heavy atom. The van der Waals surface area contributed by atoms with Crippen LogP contribution in [0.3, 0.4) is 0 Å². The molecule has 3 heteroatoms. The molecule has 0 unspecified atom stereocenters. The number of hydrogen-bond donors (Lipinski definition) is 1. The Labute approximate surface area is 119 Å². The Morgan fingerprint density at radius 3 is 2.70 bits per heavy atom. The van der Waals surface area contributed by atoms with Crippen molar-refractivity contribution in [2.45, 2.75) is 19.5 Å². The van der Waals surface area contributed by atoms with E-state index < -0.39 is 0 Å². The van der Waals surface area contributed by atoms with Gasteiger partial charge in [0, 0.05) is 30.9 Å². The van der Waals surface area contributed by atoms with E-state index in [2.05, 4.69) is 34.5 Å². The largest absolute Gasteiger partial charge is 0.367 e. The quantitative estimate of drug-likeness (QED) is 0.922. The number of fused-ring (bicyclic) bond motifs is 1. The molecule has 2 aromatic carbocycles. The standard InChI is InChI=1S/C17H19FN2/c1-19-11-15-16(18)7-4-8-17(15)20-10-9-13-5-2-3-6-14(13)12-20/h2-8,19H,9-12H2,1H3. The first-order valence-electron chi connectivity index (χ1n) is 7.03. The maximum absolute atomic E-state index is 14.0. The Balaban J connectivity index is 1.93. The summed E-state index contributed by atoms with van der Waals surface area (Å²) in [5, 5.41) is 3.06. The number of halogens is 1. The van der Waals surface area contributed by atoms with Gasteiger partial charge in [-0.2, -0.15) is 0 Å². The van der Waals surface area contributed by atoms with Crippen molar-refractivity contribution < 1.29 is 4.39 Å². The van der Waals surface area contributed by atoms with Gasteiger partial charge in [-0.3, -0.25) is 0 Å². The normalized spacial score (nSPS) is 14.2. The van der Waals surface area contributed by atoms with Gasteiger partial charge in [-0.15, -0.1) is 0 Å². The molecule has 0 spiro atoms. The van der Waals surface area contributed by atoms with E-state index in [1.54, 1.807) is 6.07 Å². The lowest BCUT2D eigenvalue weighted by Crippen LogP contribution is -2.31. The van der Waals surface area contributed by atoms with Crippen LogP contribution in [-0.4, -0.2) is 13.6 Å². The zero-order valence-corrected chi connectivity index (χ0v) is 11.7. The molecule has 2 nitrogen and oxygen atoms in total. The highest BCUT2D eigenvalue weighted by Crippen LogP contribution is 2.28. The molecule has 0 aliphatic carbocycles. The van der Waals surface area contributed by atoms with Crippen LogP contribution in [0.1, 0.15) is 16.7 Å². The lowest BCUT2D eigenvalue weighted by atomic mass is 9.98. The van der Waals surface area contributed by atoms with Crippen LogP contribution < -0.4 is 10.2 Å². The molecule has 1 aliphatic rings. The number of benzene rings is 2. The van der Waals surface area contributed by atoms with Crippen molar-refractivity contribution in [1.29, 1.82) is 0 Å². The van der Waals surface area contributed by atoms with E-state index in [1.807, 2.05) is 13.1 Å². The summed E-state index contributed by atoms with van der Waals surface area (Å²) in [6.07, 6.45) is 1.02. The molecule has 1 N–H and O–H groups in total. The molecule has 3 rings (SSSR count). The molecular formula is C17H19FN2. The fourth-order valence-electron chi connectivity index (χ4n) is 2.90. The third-order valence-electron chi connectivity index (χ3n) is 3.92. The fourth-order valence-corrected chi connectivity index (χ4v) is 2.90. The molecule has 104 valence electrons. The van der Waals surface area contributed by atoms with Crippen LogP contribution in [0.4, 0.5) is 10.1 Å². The Bertz CT molecular complexity index is 610. The molecule has 20 heavy (non-hydrogen) atoms. The molecular weight excluding hydrogens is 251 g/mol. The van der Waals surface area contributed by atoms with Gasteiger partial charge in [0.1, 0.15) is 5.82 Å². The summed E-state index contributed by atoms with van der Waals surface area (Å²) in [6, 6.07) is 13.9. The highest BCUT2D eigenvalue weighted by Gasteiger charge is 2.19. The van der Waals surface area contributed by atoms with Crippen LogP contribution in [0.2, 0.25) is 0 Å². The second kappa shape index (κ2) is 5.63. The minimum Gasteiger partial charge on any atom is -0.367 e. The minimum absolute atomic E-state index is 0.129. The summed E-state index contributed by atoms with van der Waals surface area (Å²) in [6.45, 7) is 2.35. The highest BCUT2D eigenvalue weighted by atomic mass is 19.1. The van der Waals surface area contributed by atoms with E-state index in [1.165, 1.54) is 17.2 Å². The smallest absolute Gasteiger partial charge is 0.129 e. The number of rotatable bonds is 3. The average Bonchev–Trinajstić information content (AvgIpc) is 2.49. The maximum atomic E-state index is 14.0. The SMILES string of the molecule is CNCc1c(F)cccc1N1CCc2ccccc2C1. The first kappa shape index (κ1) is 13.1. The lowest BCUT2D eigenvalue weighted by molar-refractivity contribution is 0.597. The Hall–Kier alpha value is -1.87. The summed E-state index contributed by atoms with van der Waals surface area (Å²) >= 11 is 0. The van der Waals surface area contributed by atoms with Gasteiger partial charge in [-0.25, -0.2) is 4.39 Å². The van der Waals surface area contributed by atoms with Crippen molar-refractivity contribution in [1.82, 2.24) is 5.32 Å². The van der Waals surface area contributed by atoms with Gasteiger partial charge >= 0.3 is 0 Å². The Morgan fingerprint density at radius 1 is 1.10 bits per heavy atom. The fraction of sp³-hybridized carbons (Fsp3) is 0.294. The number of hydrogen-bond acceptors (Lipinski definition) is 2. The van der Waals surface area contributed by atoms with Crippen LogP contribution in [0.15, 0.2) is 42.5 Å². The number of nitrogens with one attached hydrogen (secondary N) is 1. The predicted molar refractivity (Wildman–Crippen MR) is 80.4 cm³/mol. The third-order valence-corrected chi connectivity index (χ3v) is 3.92. The van der Waals surface area contributed by atoms with Crippen LogP contribution in [-0.2, 0) is 19.5 Å². The van der Waals surface area contributed by atoms with Gasteiger partial charge in [0.25, 0.3) is 0 Å². The monoisotopic (exact) mass is 270 g/mol. The summed E-state index contributed by atoms with van der Waals surface area (Å²) in [7, 11) is 1.85. The van der Waals surface area contributed by atoms with E-state index in [0.717, 1.165) is 30.8 Å². The summed E-state index contributed by atoms with van der Waals surface area (Å²) in [5.74, 6) is -0.129. The second-order valence-corrected chi connectivity index (χ2v) is 5.21. The number of anilines is 1. The third kappa shape index (κ3) is 2.41. The molecule has 1 aliphatic heterocycles. The van der Waals surface area contributed by atoms with Crippen LogP contribution >= 0.6 is 0 Å². The zero-order valence-electron chi connectivity index (χ0n) is 11.7. The van der Waals surface area contributed by atoms with Crippen molar-refractivity contribution in [3.05, 3.63) is 65.0 Å². The van der Waals surface area contributed by atoms with Gasteiger partial charge in [-0.05, 0) is 36.7 Å². The second-order valence-electron chi connectivity index (χ2n) is 5.21. The van der Waals surface area contributed by atoms with Crippen molar-refractivity contribution in [3.63, 3.8) is 0 Å². The van der Waals surface area contributed by atoms with Crippen molar-refractivity contribution in [2.75, 3.05) is 18.5 Å². The van der Waals surface area contributed by atoms with Gasteiger partial charge in [0.15, 0.2) is 0 Å². The van der Waals surface area contributed by atoms with Gasteiger partial charge < -0.3 is 10.2 Å².